The summed E-state index contributed by atoms with van der Waals surface area (Å²) in [5, 5.41) is 27.7. The molecule has 0 aliphatic carbocycles. The third kappa shape index (κ3) is 33.1. The average Bonchev–Trinajstić information content (AvgIpc) is 0.743. The summed E-state index contributed by atoms with van der Waals surface area (Å²) in [6.45, 7) is 65.8. The normalized spacial score (nSPS) is 10.6. The predicted molar refractivity (Wildman–Crippen MR) is 590 cm³/mol. The summed E-state index contributed by atoms with van der Waals surface area (Å²) in [6.07, 6.45) is 24.2. The van der Waals surface area contributed by atoms with E-state index >= 15 is 0 Å². The molecular weight excluding hydrogens is 1660 g/mol. The molecule has 136 heavy (non-hydrogen) atoms. The fourth-order valence-electron chi connectivity index (χ4n) is 14.3. The Morgan fingerprint density at radius 2 is 0.441 bits per heavy atom. The van der Waals surface area contributed by atoms with Gasteiger partial charge in [-0.25, -0.2) is 0 Å². The fourth-order valence-corrected chi connectivity index (χ4v) is 14.3. The first-order chi connectivity index (χ1) is 64.8. The zero-order chi connectivity index (χ0) is 99.4. The van der Waals surface area contributed by atoms with Crippen LogP contribution >= 0.6 is 0 Å². The van der Waals surface area contributed by atoms with Gasteiger partial charge < -0.3 is 0 Å². The van der Waals surface area contributed by atoms with E-state index in [9.17, 15) is 0 Å². The molecule has 14 aromatic heterocycles. The van der Waals surface area contributed by atoms with Gasteiger partial charge in [-0.15, -0.1) is 0 Å². The molecule has 7 aromatic carbocycles. The van der Waals surface area contributed by atoms with Crippen molar-refractivity contribution in [1.82, 2.24) is 69.8 Å². The number of rotatable bonds is 0. The summed E-state index contributed by atoms with van der Waals surface area (Å²) in [5.74, 6) is 5.83. The standard InChI is InChI=1S/3C14H12N2.4C13H10N2.7C4H10/c1-9-3-5-12-13-8-15-10(2)7-11(13)4-6-14(12)16-9;1-9-3-5-12-13(16-9)6-4-11-7-8-15-10(2)14(11)12;1-9-8-11-5-6-13-12(4-3-7-15-13)14(11)10(2)16-9;1-9-2-4-11-12-8-14-7-6-10(12)3-5-13(11)15-9;2*1-9-13-10(4-7-15-9)2-3-11-8-14-6-5-12(11)13;1-9-7-10-4-5-13-11(3-2-6-14-13)12(10)8-15-9;7*1-4(2)3/h3*3-8H,1-2H3;4*2-8H,1H3;7*4H,1-3H3. The Morgan fingerprint density at radius 1 is 0.162 bits per heavy atom. The Balaban J connectivity index is 0.000000186. The minimum atomic E-state index is 0.833. The van der Waals surface area contributed by atoms with Crippen LogP contribution in [-0.4, -0.2) is 69.8 Å². The van der Waals surface area contributed by atoms with Gasteiger partial charge in [0, 0.05) is 213 Å². The first kappa shape index (κ1) is 108. The second-order valence-electron chi connectivity index (χ2n) is 39.1. The van der Waals surface area contributed by atoms with Crippen LogP contribution in [0.2, 0.25) is 0 Å². The molecule has 14 heterocycles. The molecule has 0 spiro atoms. The van der Waals surface area contributed by atoms with E-state index in [0.717, 1.165) is 126 Å². The predicted octanol–water partition coefficient (Wildman–Crippen LogP) is 34.2. The fraction of sp³-hybridized carbons (Fsp3) is 0.311. The molecule has 0 N–H and O–H groups in total. The summed E-state index contributed by atoms with van der Waals surface area (Å²) in [5.41, 5.74) is 15.8. The molecule has 0 amide bonds. The molecule has 704 valence electrons. The van der Waals surface area contributed by atoms with Crippen LogP contribution in [0.15, 0.2) is 281 Å². The molecule has 0 radical (unpaired) electrons. The van der Waals surface area contributed by atoms with Crippen molar-refractivity contribution in [2.24, 2.45) is 41.4 Å². The Morgan fingerprint density at radius 3 is 0.860 bits per heavy atom. The summed E-state index contributed by atoms with van der Waals surface area (Å²) >= 11 is 0. The molecule has 0 fully saturated rings. The average molecular weight is 1810 g/mol. The van der Waals surface area contributed by atoms with Gasteiger partial charge in [0.25, 0.3) is 0 Å². The maximum Gasteiger partial charge on any atom is 0.0712 e. The molecule has 14 nitrogen and oxygen atoms in total. The van der Waals surface area contributed by atoms with Gasteiger partial charge in [0.15, 0.2) is 0 Å². The largest absolute Gasteiger partial charge is 0.264 e. The maximum absolute atomic E-state index is 4.54. The van der Waals surface area contributed by atoms with Gasteiger partial charge in [0.1, 0.15) is 0 Å². The van der Waals surface area contributed by atoms with E-state index in [-0.39, 0.29) is 0 Å². The van der Waals surface area contributed by atoms with E-state index < -0.39 is 0 Å². The Kier molecular flexibility index (Phi) is 42.2. The number of aryl methyl sites for hydroxylation is 10. The van der Waals surface area contributed by atoms with Crippen molar-refractivity contribution in [2.75, 3.05) is 0 Å². The van der Waals surface area contributed by atoms with Crippen LogP contribution in [0.25, 0.3) is 151 Å². The highest BCUT2D eigenvalue weighted by molar-refractivity contribution is 6.12. The molecular formula is C122H146N14. The summed E-state index contributed by atoms with van der Waals surface area (Å²) < 4.78 is 0. The van der Waals surface area contributed by atoms with E-state index in [1.165, 1.54) is 124 Å². The first-order valence-corrected chi connectivity index (χ1v) is 48.0. The lowest BCUT2D eigenvalue weighted by Gasteiger charge is -2.06. The van der Waals surface area contributed by atoms with E-state index in [1.807, 2.05) is 210 Å². The van der Waals surface area contributed by atoms with Crippen LogP contribution in [0, 0.1) is 111 Å². The minimum absolute atomic E-state index is 0.833. The van der Waals surface area contributed by atoms with Crippen LogP contribution in [0.3, 0.4) is 0 Å². The molecule has 0 saturated heterocycles. The minimum Gasteiger partial charge on any atom is -0.264 e. The number of hydrogen-bond donors (Lipinski definition) is 0. The zero-order valence-electron chi connectivity index (χ0n) is 86.9. The van der Waals surface area contributed by atoms with Crippen molar-refractivity contribution in [2.45, 2.75) is 215 Å². The lowest BCUT2D eigenvalue weighted by Crippen LogP contribution is -1.90. The summed E-state index contributed by atoms with van der Waals surface area (Å²) in [7, 11) is 0. The second-order valence-corrected chi connectivity index (χ2v) is 39.1. The number of pyridine rings is 14. The SMILES string of the molecule is CC(C)C.CC(C)C.CC(C)C.CC(C)C.CC(C)C.CC(C)C.CC(C)C.Cc1cc2ccc3nc(C)ccc3c2cn1.Cc1cc2ccc3ncccc3c2c(C)n1.Cc1cc2ccc3ncccc3c2cn1.Cc1ccc2c(ccc3ccnc(C)c32)n1.Cc1ccc2c(ccc3ccncc32)n1.Cc1nccc2ccc3cnccc3c12.Cc1nccc2ccc3cnccc3c12. The van der Waals surface area contributed by atoms with E-state index in [1.54, 1.807) is 0 Å². The lowest BCUT2D eigenvalue weighted by molar-refractivity contribution is 0.736. The monoisotopic (exact) mass is 1810 g/mol. The Hall–Kier alpha value is -13.7. The van der Waals surface area contributed by atoms with Crippen LogP contribution in [-0.2, 0) is 0 Å². The van der Waals surface area contributed by atoms with Crippen molar-refractivity contribution in [3.8, 4) is 0 Å². The van der Waals surface area contributed by atoms with Crippen LogP contribution in [0.4, 0.5) is 0 Å². The molecule has 0 aliphatic heterocycles. The zero-order valence-corrected chi connectivity index (χ0v) is 86.9. The molecule has 21 aromatic rings. The van der Waals surface area contributed by atoms with Gasteiger partial charge in [-0.3, -0.25) is 69.8 Å². The number of benzene rings is 7. The molecule has 0 aliphatic rings. The first-order valence-electron chi connectivity index (χ1n) is 48.0. The molecule has 21 rings (SSSR count). The third-order valence-corrected chi connectivity index (χ3v) is 19.4. The number of fused-ring (bicyclic) bond motifs is 21. The van der Waals surface area contributed by atoms with E-state index in [2.05, 4.69) is 356 Å². The van der Waals surface area contributed by atoms with Crippen molar-refractivity contribution in [1.29, 1.82) is 0 Å². The van der Waals surface area contributed by atoms with Crippen LogP contribution in [0.1, 0.15) is 202 Å². The quantitative estimate of drug-likeness (QED) is 0.131. The Bertz CT molecular complexity index is 7010. The number of hydrogen-bond acceptors (Lipinski definition) is 14. The van der Waals surface area contributed by atoms with Crippen LogP contribution < -0.4 is 0 Å². The molecule has 0 unspecified atom stereocenters. The maximum atomic E-state index is 4.54. The number of nitrogens with zero attached hydrogens (tertiary/aromatic N) is 14. The van der Waals surface area contributed by atoms with Gasteiger partial charge in [0.2, 0.25) is 0 Å². The highest BCUT2D eigenvalue weighted by Crippen LogP contribution is 2.33. The van der Waals surface area contributed by atoms with Gasteiger partial charge in [0.05, 0.1) is 27.6 Å². The van der Waals surface area contributed by atoms with Crippen LogP contribution in [0.5, 0.6) is 0 Å². The molecule has 0 atom stereocenters. The van der Waals surface area contributed by atoms with E-state index in [4.69, 9.17) is 0 Å². The summed E-state index contributed by atoms with van der Waals surface area (Å²) in [6, 6.07) is 68.5. The molecule has 14 heteroatoms. The van der Waals surface area contributed by atoms with Crippen molar-refractivity contribution < 1.29 is 0 Å². The van der Waals surface area contributed by atoms with Crippen molar-refractivity contribution >= 4 is 151 Å². The highest BCUT2D eigenvalue weighted by atomic mass is 14.7. The second kappa shape index (κ2) is 53.4. The van der Waals surface area contributed by atoms with Crippen molar-refractivity contribution in [3.63, 3.8) is 0 Å². The molecule has 0 saturated carbocycles. The summed E-state index contributed by atoms with van der Waals surface area (Å²) in [4.78, 5) is 60.9. The van der Waals surface area contributed by atoms with Gasteiger partial charge in [-0.2, -0.15) is 0 Å². The third-order valence-electron chi connectivity index (χ3n) is 19.4. The smallest absolute Gasteiger partial charge is 0.0712 e. The van der Waals surface area contributed by atoms with Gasteiger partial charge >= 0.3 is 0 Å². The van der Waals surface area contributed by atoms with Gasteiger partial charge in [-0.05, 0) is 274 Å². The highest BCUT2D eigenvalue weighted by Gasteiger charge is 2.11. The van der Waals surface area contributed by atoms with Crippen molar-refractivity contribution in [3.05, 3.63) is 338 Å². The Labute approximate surface area is 809 Å². The topological polar surface area (TPSA) is 180 Å². The number of aromatic nitrogens is 14. The molecule has 0 bridgehead atoms. The van der Waals surface area contributed by atoms with E-state index in [0.29, 0.717) is 0 Å². The lowest BCUT2D eigenvalue weighted by atomic mass is 10.0. The van der Waals surface area contributed by atoms with Gasteiger partial charge in [-0.1, -0.05) is 230 Å².